The van der Waals surface area contributed by atoms with Crippen molar-refractivity contribution in [3.05, 3.63) is 5.82 Å². The Kier molecular flexibility index (Phi) is 7.23. The van der Waals surface area contributed by atoms with Gasteiger partial charge in [-0.05, 0) is 104 Å². The lowest BCUT2D eigenvalue weighted by molar-refractivity contribution is -0.203. The summed E-state index contributed by atoms with van der Waals surface area (Å²) in [5.41, 5.74) is 0.473. The Bertz CT molecular complexity index is 1080. The number of fused-ring (bicyclic) bond motifs is 5. The van der Waals surface area contributed by atoms with Crippen molar-refractivity contribution in [1.82, 2.24) is 15.2 Å². The van der Waals surface area contributed by atoms with Gasteiger partial charge in [0, 0.05) is 6.42 Å². The molecule has 4 N–H and O–H groups in total. The molecule has 1 unspecified atom stereocenters. The summed E-state index contributed by atoms with van der Waals surface area (Å²) < 4.78 is 25.3. The van der Waals surface area contributed by atoms with E-state index in [1.165, 1.54) is 25.7 Å². The number of aliphatic hydroxyl groups excluding tert-OH is 2. The summed E-state index contributed by atoms with van der Waals surface area (Å²) in [4.78, 5) is 4.32. The maximum absolute atomic E-state index is 11.9. The fourth-order valence-electron chi connectivity index (χ4n) is 10.1. The Hall–Kier alpha value is -1.19. The molecule has 37 heavy (non-hydrogen) atoms. The van der Waals surface area contributed by atoms with Crippen molar-refractivity contribution in [2.24, 2.45) is 52.3 Å². The molecule has 4 aliphatic carbocycles. The van der Waals surface area contributed by atoms with Gasteiger partial charge in [-0.1, -0.05) is 34.1 Å². The average molecular weight is 537 g/mol. The lowest BCUT2D eigenvalue weighted by Crippen LogP contribution is -2.62. The molecule has 4 saturated carbocycles. The molecule has 4 fully saturated rings. The van der Waals surface area contributed by atoms with E-state index >= 15 is 0 Å². The van der Waals surface area contributed by atoms with Crippen molar-refractivity contribution in [3.63, 3.8) is 0 Å². The molecule has 0 saturated heterocycles. The molecule has 11 atom stereocenters. The van der Waals surface area contributed by atoms with Crippen LogP contribution in [0.2, 0.25) is 0 Å². The maximum atomic E-state index is 11.9. The third-order valence-electron chi connectivity index (χ3n) is 11.8. The minimum atomic E-state index is -3.39. The second-order valence-corrected chi connectivity index (χ2v) is 15.4. The molecule has 0 amide bonds. The number of sulfonamides is 1. The number of nitrogens with one attached hydrogen (secondary N) is 2. The van der Waals surface area contributed by atoms with Crippen LogP contribution >= 0.6 is 0 Å². The van der Waals surface area contributed by atoms with E-state index in [0.717, 1.165) is 44.8 Å². The number of hydrogen-bond donors (Lipinski definition) is 4. The van der Waals surface area contributed by atoms with Gasteiger partial charge >= 0.3 is 0 Å². The molecule has 0 bridgehead atoms. The number of aryl methyl sites for hydroxylation is 1. The SMILES string of the molecule is CC[C@H]1[C@@H](O)[C@@H]2[C@H](CC[C@]3(C)C([C@H](C)CCc4nc(NS(C)(=O)=O)n[nH]4)CC[C@@H]23)[C@@]2(C)CC[C@@H](O)C[C@@H]12. The number of H-pyrrole nitrogens is 1. The first kappa shape index (κ1) is 27.4. The predicted molar refractivity (Wildman–Crippen MR) is 144 cm³/mol. The molecular weight excluding hydrogens is 488 g/mol. The highest BCUT2D eigenvalue weighted by Crippen LogP contribution is 2.69. The summed E-state index contributed by atoms with van der Waals surface area (Å²) in [6.45, 7) is 9.61. The molecule has 210 valence electrons. The number of rotatable bonds is 7. The van der Waals surface area contributed by atoms with Crippen LogP contribution in [-0.4, -0.2) is 52.3 Å². The number of hydrogen-bond acceptors (Lipinski definition) is 6. The third kappa shape index (κ3) is 4.75. The normalized spacial score (nSPS) is 44.5. The van der Waals surface area contributed by atoms with E-state index in [0.29, 0.717) is 47.2 Å². The van der Waals surface area contributed by atoms with Crippen molar-refractivity contribution in [3.8, 4) is 0 Å². The summed E-state index contributed by atoms with van der Waals surface area (Å²) in [5, 5.41) is 29.3. The van der Waals surface area contributed by atoms with E-state index in [1.807, 2.05) is 0 Å². The first-order valence-corrected chi connectivity index (χ1v) is 16.5. The minimum absolute atomic E-state index is 0.107. The Morgan fingerprint density at radius 2 is 1.78 bits per heavy atom. The first-order chi connectivity index (χ1) is 17.4. The highest BCUT2D eigenvalue weighted by molar-refractivity contribution is 7.91. The molecule has 1 aromatic rings. The Balaban J connectivity index is 1.30. The molecule has 0 aromatic carbocycles. The van der Waals surface area contributed by atoms with Gasteiger partial charge in [-0.15, -0.1) is 5.10 Å². The highest BCUT2D eigenvalue weighted by atomic mass is 32.2. The maximum Gasteiger partial charge on any atom is 0.255 e. The Labute approximate surface area is 222 Å². The van der Waals surface area contributed by atoms with Crippen LogP contribution < -0.4 is 4.72 Å². The Morgan fingerprint density at radius 3 is 2.49 bits per heavy atom. The zero-order valence-corrected chi connectivity index (χ0v) is 24.1. The van der Waals surface area contributed by atoms with E-state index < -0.39 is 10.0 Å². The van der Waals surface area contributed by atoms with Gasteiger partial charge in [0.15, 0.2) is 0 Å². The van der Waals surface area contributed by atoms with Crippen LogP contribution in [0.5, 0.6) is 0 Å². The highest BCUT2D eigenvalue weighted by Gasteiger charge is 2.64. The zero-order valence-electron chi connectivity index (χ0n) is 23.3. The van der Waals surface area contributed by atoms with Gasteiger partial charge < -0.3 is 10.2 Å². The van der Waals surface area contributed by atoms with Gasteiger partial charge in [-0.2, -0.15) is 4.98 Å². The predicted octanol–water partition coefficient (Wildman–Crippen LogP) is 4.37. The summed E-state index contributed by atoms with van der Waals surface area (Å²) in [6, 6.07) is 0. The molecule has 9 heteroatoms. The minimum Gasteiger partial charge on any atom is -0.393 e. The van der Waals surface area contributed by atoms with Crippen LogP contribution in [0.15, 0.2) is 0 Å². The van der Waals surface area contributed by atoms with Crippen LogP contribution in [0.25, 0.3) is 0 Å². The molecule has 0 radical (unpaired) electrons. The summed E-state index contributed by atoms with van der Waals surface area (Å²) in [6.07, 6.45) is 11.1. The van der Waals surface area contributed by atoms with E-state index in [2.05, 4.69) is 47.6 Å². The van der Waals surface area contributed by atoms with Crippen molar-refractivity contribution in [2.45, 2.75) is 104 Å². The quantitative estimate of drug-likeness (QED) is 0.410. The summed E-state index contributed by atoms with van der Waals surface area (Å²) in [5.74, 6) is 4.16. The largest absolute Gasteiger partial charge is 0.393 e. The van der Waals surface area contributed by atoms with Gasteiger partial charge in [0.25, 0.3) is 5.95 Å². The number of anilines is 1. The second kappa shape index (κ2) is 9.77. The molecule has 1 aromatic heterocycles. The van der Waals surface area contributed by atoms with Gasteiger partial charge in [0.05, 0.1) is 18.5 Å². The molecule has 8 nitrogen and oxygen atoms in total. The van der Waals surface area contributed by atoms with E-state index in [1.54, 1.807) is 0 Å². The van der Waals surface area contributed by atoms with Crippen LogP contribution in [-0.2, 0) is 16.4 Å². The lowest BCUT2D eigenvalue weighted by atomic mass is 9.41. The van der Waals surface area contributed by atoms with Gasteiger partial charge in [-0.3, -0.25) is 9.82 Å². The smallest absolute Gasteiger partial charge is 0.255 e. The van der Waals surface area contributed by atoms with Crippen LogP contribution in [0.4, 0.5) is 5.95 Å². The summed E-state index contributed by atoms with van der Waals surface area (Å²) in [7, 11) is -3.39. The van der Waals surface area contributed by atoms with E-state index in [9.17, 15) is 18.6 Å². The van der Waals surface area contributed by atoms with Crippen molar-refractivity contribution >= 4 is 16.0 Å². The second-order valence-electron chi connectivity index (χ2n) is 13.6. The van der Waals surface area contributed by atoms with E-state index in [-0.39, 0.29) is 29.0 Å². The lowest BCUT2D eigenvalue weighted by Gasteiger charge is -2.64. The van der Waals surface area contributed by atoms with Crippen LogP contribution in [0.1, 0.15) is 91.3 Å². The number of aromatic nitrogens is 3. The monoisotopic (exact) mass is 536 g/mol. The first-order valence-electron chi connectivity index (χ1n) is 14.6. The van der Waals surface area contributed by atoms with Gasteiger partial charge in [0.2, 0.25) is 10.0 Å². The molecular formula is C28H48N4O4S. The molecule has 1 heterocycles. The molecule has 0 spiro atoms. The van der Waals surface area contributed by atoms with E-state index in [4.69, 9.17) is 0 Å². The van der Waals surface area contributed by atoms with Gasteiger partial charge in [-0.25, -0.2) is 8.42 Å². The van der Waals surface area contributed by atoms with Crippen LogP contribution in [0.3, 0.4) is 0 Å². The number of nitrogens with zero attached hydrogens (tertiary/aromatic N) is 2. The Morgan fingerprint density at radius 1 is 1.08 bits per heavy atom. The topological polar surface area (TPSA) is 128 Å². The van der Waals surface area contributed by atoms with Gasteiger partial charge in [0.1, 0.15) is 5.82 Å². The number of aromatic amines is 1. The number of aliphatic hydroxyl groups is 2. The average Bonchev–Trinajstić information content (AvgIpc) is 3.41. The molecule has 5 rings (SSSR count). The fraction of sp³-hybridized carbons (Fsp3) is 0.929. The van der Waals surface area contributed by atoms with Crippen LogP contribution in [0, 0.1) is 52.3 Å². The standard InChI is InChI=1S/C28H48N4O4S/c1-6-18-22-15-17(33)11-13-28(22,4)21-12-14-27(3)19(8-9-20(27)24(21)25(18)34)16(2)7-10-23-29-26(31-30-23)32-37(5,35)36/h16-22,24-25,33-34H,6-15H2,1-5H3,(H2,29,30,31,32)/t16-,17-,18-,19?,20+,21+,22+,24+,25-,27-,28-/m1/s1. The molecule has 0 aliphatic heterocycles. The van der Waals surface area contributed by atoms with Crippen molar-refractivity contribution in [1.29, 1.82) is 0 Å². The fourth-order valence-corrected chi connectivity index (χ4v) is 10.5. The van der Waals surface area contributed by atoms with Crippen molar-refractivity contribution in [2.75, 3.05) is 11.0 Å². The molecule has 4 aliphatic rings. The summed E-state index contributed by atoms with van der Waals surface area (Å²) >= 11 is 0. The van der Waals surface area contributed by atoms with Crippen molar-refractivity contribution < 1.29 is 18.6 Å². The zero-order chi connectivity index (χ0) is 26.8. The third-order valence-corrected chi connectivity index (χ3v) is 12.3.